The SMILES string of the molecule is COC1C(O)C(C)OC(CCOC2C(Oc3cccc4c(O)c5c(=O)oc6ccc(C)c7c(=O)oc(c34)c5c67)OC(C)C(O)C2O)C1O. The van der Waals surface area contributed by atoms with Gasteiger partial charge < -0.3 is 58.1 Å². The highest BCUT2D eigenvalue weighted by atomic mass is 16.7. The number of aryl methyl sites for hydroxylation is 1. The monoisotopic (exact) mass is 668 g/mol. The van der Waals surface area contributed by atoms with Crippen molar-refractivity contribution in [3.05, 3.63) is 56.7 Å². The van der Waals surface area contributed by atoms with Gasteiger partial charge in [-0.25, -0.2) is 9.59 Å². The summed E-state index contributed by atoms with van der Waals surface area (Å²) in [5, 5.41) is 55.0. The number of phenols is 1. The number of fused-ring (bicyclic) bond motifs is 2. The van der Waals surface area contributed by atoms with Crippen LogP contribution in [0.2, 0.25) is 0 Å². The van der Waals surface area contributed by atoms with E-state index >= 15 is 0 Å². The largest absolute Gasteiger partial charge is 0.506 e. The van der Waals surface area contributed by atoms with Gasteiger partial charge in [-0.2, -0.15) is 0 Å². The lowest BCUT2D eigenvalue weighted by molar-refractivity contribution is -0.281. The predicted molar refractivity (Wildman–Crippen MR) is 170 cm³/mol. The molecule has 14 heteroatoms. The van der Waals surface area contributed by atoms with Crippen molar-refractivity contribution in [3.63, 3.8) is 0 Å². The fourth-order valence-electron chi connectivity index (χ4n) is 7.03. The molecule has 0 bridgehead atoms. The standard InChI is InChI=1S/C34H36O14/c1-12-8-9-17-21-19(12)32(40)48-29-20-15(26(37)23(22(21)29)33(41)46-17)6-5-7-16(20)47-34-31(28(39)24(35)13(2)45-34)43-11-10-18-27(38)30(42-4)25(36)14(3)44-18/h5-9,13-14,18,24-25,27-28,30-31,34-39H,10-11H2,1-4H3. The van der Waals surface area contributed by atoms with Crippen molar-refractivity contribution in [1.29, 1.82) is 0 Å². The Morgan fingerprint density at radius 2 is 1.50 bits per heavy atom. The maximum Gasteiger partial charge on any atom is 0.348 e. The van der Waals surface area contributed by atoms with Crippen molar-refractivity contribution >= 4 is 43.5 Å². The molecule has 2 aliphatic heterocycles. The second-order valence-electron chi connectivity index (χ2n) is 12.5. The topological polar surface area (TPSA) is 208 Å². The van der Waals surface area contributed by atoms with Crippen LogP contribution in [0.25, 0.3) is 43.5 Å². The van der Waals surface area contributed by atoms with E-state index in [1.54, 1.807) is 45.0 Å². The Labute approximate surface area is 271 Å². The number of benzene rings is 3. The van der Waals surface area contributed by atoms with Crippen molar-refractivity contribution in [2.75, 3.05) is 13.7 Å². The van der Waals surface area contributed by atoms with Gasteiger partial charge in [-0.1, -0.05) is 18.2 Å². The van der Waals surface area contributed by atoms with Crippen LogP contribution < -0.4 is 16.0 Å². The van der Waals surface area contributed by atoms with Gasteiger partial charge in [-0.05, 0) is 44.9 Å². The van der Waals surface area contributed by atoms with Gasteiger partial charge in [0.25, 0.3) is 0 Å². The number of hydrogen-bond acceptors (Lipinski definition) is 14. The normalized spacial score (nSPS) is 31.3. The third-order valence-electron chi connectivity index (χ3n) is 9.59. The highest BCUT2D eigenvalue weighted by molar-refractivity contribution is 6.28. The third-order valence-corrected chi connectivity index (χ3v) is 9.59. The fourth-order valence-corrected chi connectivity index (χ4v) is 7.03. The van der Waals surface area contributed by atoms with Gasteiger partial charge in [-0.15, -0.1) is 0 Å². The summed E-state index contributed by atoms with van der Waals surface area (Å²) in [5.74, 6) is -0.340. The second-order valence-corrected chi connectivity index (χ2v) is 12.5. The Bertz CT molecular complexity index is 2100. The number of aliphatic hydroxyl groups excluding tert-OH is 4. The van der Waals surface area contributed by atoms with Crippen LogP contribution in [0.15, 0.2) is 48.8 Å². The van der Waals surface area contributed by atoms with Gasteiger partial charge in [-0.3, -0.25) is 0 Å². The number of ether oxygens (including phenoxy) is 5. The number of aromatic hydroxyl groups is 1. The molecule has 48 heavy (non-hydrogen) atoms. The van der Waals surface area contributed by atoms with Crippen LogP contribution in [0, 0.1) is 6.92 Å². The van der Waals surface area contributed by atoms with Crippen LogP contribution in [0.5, 0.6) is 11.5 Å². The smallest absolute Gasteiger partial charge is 0.348 e. The van der Waals surface area contributed by atoms with Crippen LogP contribution in [0.3, 0.4) is 0 Å². The lowest BCUT2D eigenvalue weighted by Gasteiger charge is -2.42. The van der Waals surface area contributed by atoms with Crippen molar-refractivity contribution < 1.29 is 58.1 Å². The Morgan fingerprint density at radius 3 is 2.25 bits per heavy atom. The summed E-state index contributed by atoms with van der Waals surface area (Å²) in [5.41, 5.74) is -0.798. The van der Waals surface area contributed by atoms with E-state index in [0.29, 0.717) is 10.9 Å². The molecule has 10 atom stereocenters. The highest BCUT2D eigenvalue weighted by Crippen LogP contribution is 2.45. The molecule has 0 amide bonds. The number of phenolic OH excluding ortho intramolecular Hbond substituents is 1. The van der Waals surface area contributed by atoms with Crippen molar-refractivity contribution in [2.45, 2.75) is 88.4 Å². The molecule has 2 aliphatic rings. The van der Waals surface area contributed by atoms with E-state index < -0.39 is 78.2 Å². The fraction of sp³-hybridized carbons (Fsp3) is 0.471. The number of aliphatic hydroxyl groups is 4. The first kappa shape index (κ1) is 32.7. The van der Waals surface area contributed by atoms with Crippen LogP contribution in [0.1, 0.15) is 25.8 Å². The maximum absolute atomic E-state index is 13.4. The Kier molecular flexibility index (Phi) is 8.33. The molecule has 2 aromatic heterocycles. The van der Waals surface area contributed by atoms with Crippen LogP contribution in [-0.2, 0) is 18.9 Å². The van der Waals surface area contributed by atoms with Crippen LogP contribution in [-0.4, -0.2) is 100 Å². The molecule has 5 N–H and O–H groups in total. The van der Waals surface area contributed by atoms with Gasteiger partial charge in [0.1, 0.15) is 59.1 Å². The Morgan fingerprint density at radius 1 is 0.771 bits per heavy atom. The van der Waals surface area contributed by atoms with E-state index in [-0.39, 0.29) is 56.9 Å². The third kappa shape index (κ3) is 5.02. The molecule has 7 rings (SSSR count). The van der Waals surface area contributed by atoms with Crippen molar-refractivity contribution in [1.82, 2.24) is 0 Å². The summed E-state index contributed by atoms with van der Waals surface area (Å²) in [6, 6.07) is 7.82. The molecule has 3 aromatic carbocycles. The van der Waals surface area contributed by atoms with Gasteiger partial charge in [0.15, 0.2) is 5.58 Å². The van der Waals surface area contributed by atoms with Crippen molar-refractivity contribution in [2.24, 2.45) is 0 Å². The number of hydrogen-bond donors (Lipinski definition) is 5. The van der Waals surface area contributed by atoms with Gasteiger partial charge in [0.05, 0.1) is 29.1 Å². The average molecular weight is 669 g/mol. The first-order valence-electron chi connectivity index (χ1n) is 15.7. The van der Waals surface area contributed by atoms with Crippen molar-refractivity contribution in [3.8, 4) is 11.5 Å². The average Bonchev–Trinajstić information content (AvgIpc) is 3.05. The molecule has 256 valence electrons. The summed E-state index contributed by atoms with van der Waals surface area (Å²) in [6.45, 7) is 4.84. The number of methoxy groups -OCH3 is 1. The Hall–Kier alpha value is -3.86. The minimum absolute atomic E-state index is 0.0243. The molecule has 10 unspecified atom stereocenters. The first-order valence-corrected chi connectivity index (χ1v) is 15.7. The molecule has 14 nitrogen and oxygen atoms in total. The van der Waals surface area contributed by atoms with Crippen LogP contribution >= 0.6 is 0 Å². The van der Waals surface area contributed by atoms with Crippen LogP contribution in [0.4, 0.5) is 0 Å². The van der Waals surface area contributed by atoms with E-state index in [4.69, 9.17) is 32.5 Å². The number of rotatable bonds is 7. The molecule has 2 fully saturated rings. The quantitative estimate of drug-likeness (QED) is 0.0953. The summed E-state index contributed by atoms with van der Waals surface area (Å²) in [6.07, 6.45) is -10.6. The lowest BCUT2D eigenvalue weighted by Crippen LogP contribution is -2.60. The summed E-state index contributed by atoms with van der Waals surface area (Å²) in [4.78, 5) is 26.5. The zero-order chi connectivity index (χ0) is 34.2. The lowest BCUT2D eigenvalue weighted by atomic mass is 9.94. The van der Waals surface area contributed by atoms with Gasteiger partial charge in [0, 0.05) is 29.9 Å². The molecule has 0 saturated carbocycles. The molecule has 0 aliphatic carbocycles. The van der Waals surface area contributed by atoms with E-state index in [9.17, 15) is 35.1 Å². The summed E-state index contributed by atoms with van der Waals surface area (Å²) >= 11 is 0. The van der Waals surface area contributed by atoms with Gasteiger partial charge in [0.2, 0.25) is 6.29 Å². The molecule has 4 heterocycles. The molecule has 5 aromatic rings. The van der Waals surface area contributed by atoms with E-state index in [2.05, 4.69) is 0 Å². The summed E-state index contributed by atoms with van der Waals surface area (Å²) < 4.78 is 40.7. The zero-order valence-corrected chi connectivity index (χ0v) is 26.5. The van der Waals surface area contributed by atoms with E-state index in [1.807, 2.05) is 0 Å². The minimum atomic E-state index is -1.47. The van der Waals surface area contributed by atoms with E-state index in [1.165, 1.54) is 13.2 Å². The zero-order valence-electron chi connectivity index (χ0n) is 26.5. The second kappa shape index (κ2) is 12.2. The van der Waals surface area contributed by atoms with Gasteiger partial charge >= 0.3 is 11.3 Å². The molecular weight excluding hydrogens is 632 g/mol. The minimum Gasteiger partial charge on any atom is -0.506 e. The molecule has 0 spiro atoms. The molecule has 2 saturated heterocycles. The Balaban J connectivity index is 1.28. The van der Waals surface area contributed by atoms with E-state index in [0.717, 1.165) is 0 Å². The summed E-state index contributed by atoms with van der Waals surface area (Å²) in [7, 11) is 1.38. The predicted octanol–water partition coefficient (Wildman–Crippen LogP) is 1.80. The first-order chi connectivity index (χ1) is 22.9. The molecule has 0 radical (unpaired) electrons. The maximum atomic E-state index is 13.4. The molecular formula is C34H36O14. The highest BCUT2D eigenvalue weighted by Gasteiger charge is 2.46.